The summed E-state index contributed by atoms with van der Waals surface area (Å²) in [6.45, 7) is 8.64. The predicted octanol–water partition coefficient (Wildman–Crippen LogP) is 5.35. The molecule has 2 heterocycles. The normalized spacial score (nSPS) is 18.8. The molecule has 7 heteroatoms. The molecule has 1 amide bonds. The molecule has 1 aliphatic heterocycles. The summed E-state index contributed by atoms with van der Waals surface area (Å²) >= 11 is 0. The Hall–Kier alpha value is -3.09. The van der Waals surface area contributed by atoms with Gasteiger partial charge in [0.2, 0.25) is 5.91 Å². The zero-order valence-corrected chi connectivity index (χ0v) is 17.5. The maximum absolute atomic E-state index is 13.8. The van der Waals surface area contributed by atoms with Crippen LogP contribution in [-0.2, 0) is 17.5 Å². The highest BCUT2D eigenvalue weighted by Gasteiger charge is 2.39. The van der Waals surface area contributed by atoms with E-state index in [2.05, 4.69) is 17.8 Å². The molecule has 0 saturated carbocycles. The van der Waals surface area contributed by atoms with E-state index in [-0.39, 0.29) is 17.4 Å². The molecule has 1 aromatic carbocycles. The van der Waals surface area contributed by atoms with Gasteiger partial charge in [-0.1, -0.05) is 42.5 Å². The molecule has 162 valence electrons. The molecule has 31 heavy (non-hydrogen) atoms. The van der Waals surface area contributed by atoms with Crippen molar-refractivity contribution in [2.24, 2.45) is 0 Å². The zero-order valence-electron chi connectivity index (χ0n) is 17.5. The van der Waals surface area contributed by atoms with Crippen molar-refractivity contribution in [1.29, 1.82) is 0 Å². The van der Waals surface area contributed by atoms with Crippen LogP contribution in [0.1, 0.15) is 37.4 Å². The molecule has 0 fully saturated rings. The van der Waals surface area contributed by atoms with E-state index in [1.54, 1.807) is 24.0 Å². The second-order valence-corrected chi connectivity index (χ2v) is 8.03. The molecule has 1 aromatic heterocycles. The van der Waals surface area contributed by atoms with Crippen molar-refractivity contribution >= 4 is 5.91 Å². The van der Waals surface area contributed by atoms with Crippen LogP contribution < -0.4 is 0 Å². The van der Waals surface area contributed by atoms with Crippen molar-refractivity contribution < 1.29 is 18.0 Å². The predicted molar refractivity (Wildman–Crippen MR) is 113 cm³/mol. The van der Waals surface area contributed by atoms with Crippen LogP contribution in [0.4, 0.5) is 13.2 Å². The quantitative estimate of drug-likeness (QED) is 0.617. The summed E-state index contributed by atoms with van der Waals surface area (Å²) in [7, 11) is 0. The fourth-order valence-corrected chi connectivity index (χ4v) is 4.56. The Morgan fingerprint density at radius 3 is 2.71 bits per heavy atom. The highest BCUT2D eigenvalue weighted by atomic mass is 19.4. The van der Waals surface area contributed by atoms with E-state index in [0.717, 1.165) is 23.1 Å². The average Bonchev–Trinajstić information content (AvgIpc) is 3.35. The Labute approximate surface area is 179 Å². The fourth-order valence-electron chi connectivity index (χ4n) is 4.56. The number of aromatic nitrogens is 2. The summed E-state index contributed by atoms with van der Waals surface area (Å²) in [6.07, 6.45) is 1.08. The van der Waals surface area contributed by atoms with Gasteiger partial charge in [-0.25, -0.2) is 0 Å². The topological polar surface area (TPSA) is 38.1 Å². The number of benzene rings is 1. The van der Waals surface area contributed by atoms with E-state index >= 15 is 0 Å². The van der Waals surface area contributed by atoms with Crippen LogP contribution in [0.25, 0.3) is 11.1 Å². The van der Waals surface area contributed by atoms with Crippen LogP contribution >= 0.6 is 0 Å². The summed E-state index contributed by atoms with van der Waals surface area (Å²) in [6, 6.07) is 7.14. The van der Waals surface area contributed by atoms with Crippen LogP contribution in [0.15, 0.2) is 65.9 Å². The first-order chi connectivity index (χ1) is 14.7. The monoisotopic (exact) mass is 427 g/mol. The van der Waals surface area contributed by atoms with Crippen LogP contribution in [0.2, 0.25) is 0 Å². The van der Waals surface area contributed by atoms with Crippen LogP contribution in [0.3, 0.4) is 0 Å². The Kier molecular flexibility index (Phi) is 5.37. The number of carbonyl (C=O) groups is 1. The van der Waals surface area contributed by atoms with Crippen molar-refractivity contribution in [3.8, 4) is 11.1 Å². The minimum Gasteiger partial charge on any atom is -0.334 e. The van der Waals surface area contributed by atoms with Gasteiger partial charge in [0.1, 0.15) is 0 Å². The SMILES string of the molecule is C=CC(=O)N1CC2=C(C=C(C)C2)[C@@H](c2ccccc2-c2cn(CC)nc2C(F)(F)F)C1. The zero-order chi connectivity index (χ0) is 22.3. The molecule has 4 rings (SSSR count). The van der Waals surface area contributed by atoms with Gasteiger partial charge in [-0.3, -0.25) is 9.48 Å². The minimum absolute atomic E-state index is 0.0676. The molecule has 1 aliphatic carbocycles. The second-order valence-electron chi connectivity index (χ2n) is 8.03. The number of aryl methyl sites for hydroxylation is 1. The smallest absolute Gasteiger partial charge is 0.334 e. The third kappa shape index (κ3) is 3.84. The third-order valence-corrected chi connectivity index (χ3v) is 5.93. The van der Waals surface area contributed by atoms with E-state index in [9.17, 15) is 18.0 Å². The lowest BCUT2D eigenvalue weighted by Gasteiger charge is -2.35. The summed E-state index contributed by atoms with van der Waals surface area (Å²) in [5.41, 5.74) is 3.88. The second kappa shape index (κ2) is 7.87. The summed E-state index contributed by atoms with van der Waals surface area (Å²) < 4.78 is 42.6. The van der Waals surface area contributed by atoms with E-state index in [0.29, 0.717) is 25.2 Å². The van der Waals surface area contributed by atoms with Gasteiger partial charge in [0.25, 0.3) is 0 Å². The molecule has 0 unspecified atom stereocenters. The first-order valence-corrected chi connectivity index (χ1v) is 10.3. The van der Waals surface area contributed by atoms with Gasteiger partial charge >= 0.3 is 6.18 Å². The van der Waals surface area contributed by atoms with E-state index < -0.39 is 11.9 Å². The maximum Gasteiger partial charge on any atom is 0.435 e. The number of allylic oxidation sites excluding steroid dienone is 2. The molecule has 0 radical (unpaired) electrons. The van der Waals surface area contributed by atoms with Gasteiger partial charge in [-0.05, 0) is 48.6 Å². The van der Waals surface area contributed by atoms with E-state index in [1.807, 2.05) is 19.1 Å². The number of halogens is 3. The number of alkyl halides is 3. The summed E-state index contributed by atoms with van der Waals surface area (Å²) in [5.74, 6) is -0.388. The van der Waals surface area contributed by atoms with Gasteiger partial charge in [-0.15, -0.1) is 0 Å². The van der Waals surface area contributed by atoms with E-state index in [1.165, 1.54) is 22.5 Å². The first kappa shape index (κ1) is 21.2. The van der Waals surface area contributed by atoms with Gasteiger partial charge in [-0.2, -0.15) is 18.3 Å². The number of carbonyl (C=O) groups excluding carboxylic acids is 1. The molecule has 2 aromatic rings. The van der Waals surface area contributed by atoms with Crippen molar-refractivity contribution in [1.82, 2.24) is 14.7 Å². The Morgan fingerprint density at radius 1 is 1.29 bits per heavy atom. The Bertz CT molecular complexity index is 1110. The molecular formula is C24H24F3N3O. The number of amides is 1. The molecule has 1 atom stereocenters. The maximum atomic E-state index is 13.8. The van der Waals surface area contributed by atoms with Crippen molar-refractivity contribution in [3.63, 3.8) is 0 Å². The average molecular weight is 427 g/mol. The highest BCUT2D eigenvalue weighted by molar-refractivity contribution is 5.87. The first-order valence-electron chi connectivity index (χ1n) is 10.3. The molecule has 0 N–H and O–H groups in total. The standard InChI is InChI=1S/C24H24F3N3O/c1-4-22(31)29-12-16-10-15(3)11-19(16)20(13-29)17-8-6-7-9-18(17)21-14-30(5-2)28-23(21)24(25,26)27/h4,6-9,11,14,20H,1,5,10,12-13H2,2-3H3/t20-/m1/s1. The van der Waals surface area contributed by atoms with Crippen LogP contribution in [-0.4, -0.2) is 33.7 Å². The number of hydrogen-bond acceptors (Lipinski definition) is 2. The van der Waals surface area contributed by atoms with Crippen LogP contribution in [0.5, 0.6) is 0 Å². The van der Waals surface area contributed by atoms with Crippen molar-refractivity contribution in [2.45, 2.75) is 38.9 Å². The highest BCUT2D eigenvalue weighted by Crippen LogP contribution is 2.45. The number of nitrogens with zero attached hydrogens (tertiary/aromatic N) is 3. The number of hydrogen-bond donors (Lipinski definition) is 0. The molecule has 0 spiro atoms. The van der Waals surface area contributed by atoms with Gasteiger partial charge < -0.3 is 4.90 Å². The van der Waals surface area contributed by atoms with Gasteiger partial charge in [0.05, 0.1) is 0 Å². The lowest BCUT2D eigenvalue weighted by molar-refractivity contribution is -0.141. The lowest BCUT2D eigenvalue weighted by Crippen LogP contribution is -2.39. The summed E-state index contributed by atoms with van der Waals surface area (Å²) in [5, 5.41) is 3.79. The molecule has 4 nitrogen and oxygen atoms in total. The summed E-state index contributed by atoms with van der Waals surface area (Å²) in [4.78, 5) is 14.1. The molecule has 0 saturated heterocycles. The van der Waals surface area contributed by atoms with Crippen molar-refractivity contribution in [2.75, 3.05) is 13.1 Å². The minimum atomic E-state index is -4.56. The van der Waals surface area contributed by atoms with Gasteiger partial charge in [0, 0.05) is 37.3 Å². The van der Waals surface area contributed by atoms with E-state index in [4.69, 9.17) is 0 Å². The molecular weight excluding hydrogens is 403 g/mol. The third-order valence-electron chi connectivity index (χ3n) is 5.93. The largest absolute Gasteiger partial charge is 0.435 e. The van der Waals surface area contributed by atoms with Gasteiger partial charge in [0.15, 0.2) is 5.69 Å². The van der Waals surface area contributed by atoms with Crippen LogP contribution in [0, 0.1) is 0 Å². The Morgan fingerprint density at radius 2 is 2.03 bits per heavy atom. The molecule has 2 aliphatic rings. The fraction of sp³-hybridized carbons (Fsp3) is 0.333. The Balaban J connectivity index is 1.87. The van der Waals surface area contributed by atoms with Crippen molar-refractivity contribution in [3.05, 3.63) is 77.2 Å². The lowest BCUT2D eigenvalue weighted by atomic mass is 9.82. The molecule has 0 bridgehead atoms. The number of rotatable bonds is 4.